The van der Waals surface area contributed by atoms with Crippen molar-refractivity contribution in [3.63, 3.8) is 0 Å². The first-order chi connectivity index (χ1) is 8.51. The van der Waals surface area contributed by atoms with Gasteiger partial charge in [-0.1, -0.05) is 13.8 Å². The van der Waals surface area contributed by atoms with Gasteiger partial charge in [0.25, 0.3) is 0 Å². The molecule has 0 aromatic rings. The zero-order valence-electron chi connectivity index (χ0n) is 11.1. The molecule has 1 amide bonds. The predicted octanol–water partition coefficient (Wildman–Crippen LogP) is -0.226. The molecule has 1 rings (SSSR count). The quantitative estimate of drug-likeness (QED) is 0.636. The number of carbonyl (C=O) groups is 1. The normalized spacial score (nSPS) is 36.4. The molecule has 1 heterocycles. The van der Waals surface area contributed by atoms with Crippen molar-refractivity contribution in [1.82, 2.24) is 5.32 Å². The first-order valence-electron chi connectivity index (χ1n) is 6.41. The number of ether oxygens (including phenoxy) is 2. The van der Waals surface area contributed by atoms with Crippen LogP contribution in [-0.2, 0) is 14.3 Å². The van der Waals surface area contributed by atoms with Gasteiger partial charge < -0.3 is 25.0 Å². The topological polar surface area (TPSA) is 88.0 Å². The molecule has 18 heavy (non-hydrogen) atoms. The van der Waals surface area contributed by atoms with E-state index in [2.05, 4.69) is 5.32 Å². The molecule has 1 aliphatic rings. The summed E-state index contributed by atoms with van der Waals surface area (Å²) in [7, 11) is 0. The Balaban J connectivity index is 2.76. The SMILES string of the molecule is CCCO[C@@H]1OC(CC)[C@@H](O)[C@H](O)C1NC(C)=O. The van der Waals surface area contributed by atoms with Crippen LogP contribution in [0.4, 0.5) is 0 Å². The smallest absolute Gasteiger partial charge is 0.217 e. The Labute approximate surface area is 107 Å². The molecule has 6 heteroatoms. The van der Waals surface area contributed by atoms with E-state index >= 15 is 0 Å². The van der Waals surface area contributed by atoms with E-state index in [4.69, 9.17) is 9.47 Å². The predicted molar refractivity (Wildman–Crippen MR) is 64.8 cm³/mol. The Morgan fingerprint density at radius 2 is 2.00 bits per heavy atom. The molecule has 3 N–H and O–H groups in total. The average Bonchev–Trinajstić information content (AvgIpc) is 2.33. The van der Waals surface area contributed by atoms with E-state index in [9.17, 15) is 15.0 Å². The number of aliphatic hydroxyl groups is 2. The summed E-state index contributed by atoms with van der Waals surface area (Å²) in [6.07, 6.45) is -1.94. The summed E-state index contributed by atoms with van der Waals surface area (Å²) in [4.78, 5) is 11.1. The monoisotopic (exact) mass is 261 g/mol. The molecule has 1 saturated heterocycles. The van der Waals surface area contributed by atoms with Crippen molar-refractivity contribution in [1.29, 1.82) is 0 Å². The van der Waals surface area contributed by atoms with Gasteiger partial charge in [-0.25, -0.2) is 0 Å². The van der Waals surface area contributed by atoms with Crippen molar-refractivity contribution in [2.24, 2.45) is 0 Å². The molecule has 0 aliphatic carbocycles. The van der Waals surface area contributed by atoms with E-state index in [1.807, 2.05) is 13.8 Å². The average molecular weight is 261 g/mol. The van der Waals surface area contributed by atoms with Crippen LogP contribution in [0.2, 0.25) is 0 Å². The van der Waals surface area contributed by atoms with Gasteiger partial charge in [0, 0.05) is 13.5 Å². The highest BCUT2D eigenvalue weighted by Crippen LogP contribution is 2.24. The third-order valence-corrected chi connectivity index (χ3v) is 2.96. The number of rotatable bonds is 5. The van der Waals surface area contributed by atoms with Gasteiger partial charge in [-0.15, -0.1) is 0 Å². The summed E-state index contributed by atoms with van der Waals surface area (Å²) >= 11 is 0. The van der Waals surface area contributed by atoms with Crippen molar-refractivity contribution in [2.75, 3.05) is 6.61 Å². The molecular formula is C12H23NO5. The first kappa shape index (κ1) is 15.4. The standard InChI is InChI=1S/C12H23NO5/c1-4-6-17-12-9(13-7(3)14)11(16)10(15)8(5-2)18-12/h8-12,15-16H,4-6H2,1-3H3,(H,13,14)/t8?,9?,10-,11-,12-/m1/s1. The molecule has 1 aliphatic heterocycles. The van der Waals surface area contributed by atoms with Crippen LogP contribution in [0.1, 0.15) is 33.6 Å². The van der Waals surface area contributed by atoms with Gasteiger partial charge in [-0.3, -0.25) is 4.79 Å². The molecule has 0 aromatic carbocycles. The molecule has 0 aromatic heterocycles. The minimum Gasteiger partial charge on any atom is -0.388 e. The first-order valence-corrected chi connectivity index (χ1v) is 6.41. The Morgan fingerprint density at radius 1 is 1.33 bits per heavy atom. The molecule has 0 spiro atoms. The van der Waals surface area contributed by atoms with Crippen LogP contribution in [0.25, 0.3) is 0 Å². The summed E-state index contributed by atoms with van der Waals surface area (Å²) in [5, 5.41) is 22.5. The largest absolute Gasteiger partial charge is 0.388 e. The summed E-state index contributed by atoms with van der Waals surface area (Å²) in [6, 6.07) is -0.744. The molecule has 0 bridgehead atoms. The van der Waals surface area contributed by atoms with E-state index in [1.54, 1.807) is 0 Å². The summed E-state index contributed by atoms with van der Waals surface area (Å²) in [5.41, 5.74) is 0. The molecule has 0 radical (unpaired) electrons. The van der Waals surface area contributed by atoms with E-state index in [-0.39, 0.29) is 5.91 Å². The van der Waals surface area contributed by atoms with Crippen molar-refractivity contribution < 1.29 is 24.5 Å². The fraction of sp³-hybridized carbons (Fsp3) is 0.917. The van der Waals surface area contributed by atoms with E-state index in [1.165, 1.54) is 6.92 Å². The number of nitrogens with one attached hydrogen (secondary N) is 1. The van der Waals surface area contributed by atoms with Crippen LogP contribution in [0, 0.1) is 0 Å². The maximum absolute atomic E-state index is 11.1. The highest BCUT2D eigenvalue weighted by Gasteiger charge is 2.44. The third kappa shape index (κ3) is 3.65. The fourth-order valence-electron chi connectivity index (χ4n) is 2.03. The highest BCUT2D eigenvalue weighted by molar-refractivity contribution is 5.73. The van der Waals surface area contributed by atoms with Crippen LogP contribution >= 0.6 is 0 Å². The van der Waals surface area contributed by atoms with Crippen LogP contribution in [0.3, 0.4) is 0 Å². The second-order valence-corrected chi connectivity index (χ2v) is 4.53. The van der Waals surface area contributed by atoms with Gasteiger partial charge in [0.05, 0.1) is 6.10 Å². The highest BCUT2D eigenvalue weighted by atomic mass is 16.7. The van der Waals surface area contributed by atoms with Crippen LogP contribution < -0.4 is 5.32 Å². The third-order valence-electron chi connectivity index (χ3n) is 2.96. The lowest BCUT2D eigenvalue weighted by Crippen LogP contribution is -2.63. The molecule has 5 atom stereocenters. The Hall–Kier alpha value is -0.690. The van der Waals surface area contributed by atoms with Crippen LogP contribution in [0.5, 0.6) is 0 Å². The van der Waals surface area contributed by atoms with Gasteiger partial charge in [-0.05, 0) is 12.8 Å². The maximum Gasteiger partial charge on any atom is 0.217 e. The van der Waals surface area contributed by atoms with Gasteiger partial charge in [-0.2, -0.15) is 0 Å². The summed E-state index contributed by atoms with van der Waals surface area (Å²) < 4.78 is 11.1. The fourth-order valence-corrected chi connectivity index (χ4v) is 2.03. The van der Waals surface area contributed by atoms with Gasteiger partial charge in [0.15, 0.2) is 6.29 Å². The second kappa shape index (κ2) is 7.04. The zero-order valence-corrected chi connectivity index (χ0v) is 11.1. The van der Waals surface area contributed by atoms with Crippen molar-refractivity contribution in [3.8, 4) is 0 Å². The van der Waals surface area contributed by atoms with Crippen molar-refractivity contribution >= 4 is 5.91 Å². The van der Waals surface area contributed by atoms with Gasteiger partial charge >= 0.3 is 0 Å². The maximum atomic E-state index is 11.1. The van der Waals surface area contributed by atoms with Crippen LogP contribution in [-0.4, -0.2) is 53.4 Å². The summed E-state index contributed by atoms with van der Waals surface area (Å²) in [5.74, 6) is -0.296. The lowest BCUT2D eigenvalue weighted by Gasteiger charge is -2.42. The number of hydrogen-bond acceptors (Lipinski definition) is 5. The minimum atomic E-state index is -1.09. The number of amides is 1. The summed E-state index contributed by atoms with van der Waals surface area (Å²) in [6.45, 7) is 5.64. The number of hydrogen-bond donors (Lipinski definition) is 3. The van der Waals surface area contributed by atoms with Crippen LogP contribution in [0.15, 0.2) is 0 Å². The van der Waals surface area contributed by atoms with E-state index in [0.717, 1.165) is 6.42 Å². The van der Waals surface area contributed by atoms with Crippen molar-refractivity contribution in [3.05, 3.63) is 0 Å². The van der Waals surface area contributed by atoms with Crippen molar-refractivity contribution in [2.45, 2.75) is 64.3 Å². The Morgan fingerprint density at radius 3 is 2.50 bits per heavy atom. The molecule has 1 fully saturated rings. The van der Waals surface area contributed by atoms with E-state index in [0.29, 0.717) is 13.0 Å². The number of carbonyl (C=O) groups excluding carboxylic acids is 1. The molecule has 6 nitrogen and oxygen atoms in total. The van der Waals surface area contributed by atoms with E-state index < -0.39 is 30.6 Å². The second-order valence-electron chi connectivity index (χ2n) is 4.53. The molecule has 2 unspecified atom stereocenters. The zero-order chi connectivity index (χ0) is 13.7. The number of aliphatic hydroxyl groups excluding tert-OH is 2. The lowest BCUT2D eigenvalue weighted by atomic mass is 9.95. The molecule has 0 saturated carbocycles. The Kier molecular flexibility index (Phi) is 6.01. The van der Waals surface area contributed by atoms with Gasteiger partial charge in [0.1, 0.15) is 18.2 Å². The molecule has 106 valence electrons. The molecular weight excluding hydrogens is 238 g/mol. The minimum absolute atomic E-state index is 0.296. The van der Waals surface area contributed by atoms with Gasteiger partial charge in [0.2, 0.25) is 5.91 Å². The Bertz CT molecular complexity index is 273. The lowest BCUT2D eigenvalue weighted by molar-refractivity contribution is -0.264.